The number of anilines is 1. The summed E-state index contributed by atoms with van der Waals surface area (Å²) in [5.74, 6) is 0.937. The highest BCUT2D eigenvalue weighted by Gasteiger charge is 2.21. The number of halogens is 2. The van der Waals surface area contributed by atoms with Crippen molar-refractivity contribution in [1.82, 2.24) is 9.36 Å². The summed E-state index contributed by atoms with van der Waals surface area (Å²) in [7, 11) is 1.89. The Morgan fingerprint density at radius 2 is 2.09 bits per heavy atom. The van der Waals surface area contributed by atoms with Crippen molar-refractivity contribution in [1.29, 1.82) is 0 Å². The third-order valence-corrected chi connectivity index (χ3v) is 5.46. The quantitative estimate of drug-likeness (QED) is 0.713. The molecule has 0 fully saturated rings. The van der Waals surface area contributed by atoms with Gasteiger partial charge in [-0.25, -0.2) is 4.68 Å². The van der Waals surface area contributed by atoms with Crippen LogP contribution in [0.25, 0.3) is 5.69 Å². The van der Waals surface area contributed by atoms with Gasteiger partial charge in [-0.2, -0.15) is 0 Å². The summed E-state index contributed by atoms with van der Waals surface area (Å²) in [5, 5.41) is 4.87. The summed E-state index contributed by atoms with van der Waals surface area (Å²) in [6.45, 7) is 1.94. The second-order valence-corrected chi connectivity index (χ2v) is 6.77. The Morgan fingerprint density at radius 3 is 2.70 bits per heavy atom. The zero-order chi connectivity index (χ0) is 15.7. The molecule has 8 heteroatoms. The van der Waals surface area contributed by atoms with E-state index in [0.29, 0.717) is 5.69 Å². The number of hydrogen-bond donors (Lipinski definition) is 1. The van der Waals surface area contributed by atoms with Crippen LogP contribution >= 0.6 is 44.7 Å². The molecule has 5 nitrogen and oxygen atoms in total. The molecule has 2 aromatic rings. The van der Waals surface area contributed by atoms with Crippen LogP contribution in [0, 0.1) is 6.92 Å². The topological polar surface area (TPSA) is 51.3 Å². The van der Waals surface area contributed by atoms with Gasteiger partial charge in [0.25, 0.3) is 5.56 Å². The number of amidine groups is 1. The van der Waals surface area contributed by atoms with Gasteiger partial charge in [-0.1, -0.05) is 45.9 Å². The largest absolute Gasteiger partial charge is 0.329 e. The maximum atomic E-state index is 12.8. The van der Waals surface area contributed by atoms with Gasteiger partial charge in [-0.3, -0.25) is 14.5 Å². The molecule has 0 saturated heterocycles. The predicted molar refractivity (Wildman–Crippen MR) is 107 cm³/mol. The first-order valence-corrected chi connectivity index (χ1v) is 9.10. The van der Waals surface area contributed by atoms with Gasteiger partial charge in [0.15, 0.2) is 5.17 Å². The molecule has 0 radical (unpaired) electrons. The number of rotatable bonds is 3. The lowest BCUT2D eigenvalue weighted by Crippen LogP contribution is -2.21. The summed E-state index contributed by atoms with van der Waals surface area (Å²) in [4.78, 5) is 17.3. The van der Waals surface area contributed by atoms with Crippen molar-refractivity contribution in [2.24, 2.45) is 12.0 Å². The molecular weight excluding hydrogens is 444 g/mol. The third-order valence-electron chi connectivity index (χ3n) is 3.68. The van der Waals surface area contributed by atoms with Gasteiger partial charge in [-0.05, 0) is 19.1 Å². The summed E-state index contributed by atoms with van der Waals surface area (Å²) >= 11 is 5.10. The highest BCUT2D eigenvalue weighted by Crippen LogP contribution is 2.22. The van der Waals surface area contributed by atoms with Crippen molar-refractivity contribution in [3.63, 3.8) is 0 Å². The molecule has 1 unspecified atom stereocenters. The second kappa shape index (κ2) is 7.72. The first-order valence-electron chi connectivity index (χ1n) is 6.99. The minimum atomic E-state index is -0.0585. The molecule has 1 aromatic carbocycles. The number of hydrogen-bond acceptors (Lipinski definition) is 4. The van der Waals surface area contributed by atoms with E-state index < -0.39 is 0 Å². The van der Waals surface area contributed by atoms with Gasteiger partial charge in [0.05, 0.1) is 17.4 Å². The molecule has 0 aliphatic carbocycles. The number of nitrogens with one attached hydrogen (secondary N) is 1. The number of aromatic nitrogens is 2. The molecule has 1 atom stereocenters. The fourth-order valence-corrected chi connectivity index (χ4v) is 4.00. The minimum Gasteiger partial charge on any atom is -0.329 e. The lowest BCUT2D eigenvalue weighted by Gasteiger charge is -2.07. The molecule has 0 amide bonds. The standard InChI is InChI=1S/C15H17BrN4OS.BrH/c1-10-13(18-15-17-11(8-16)9-22-15)14(21)20(19(10)2)12-6-4-3-5-7-12;/h3-7,11H,8-9H2,1-2H3,(H,17,18);1H. The van der Waals surface area contributed by atoms with Crippen LogP contribution in [0.1, 0.15) is 5.69 Å². The molecule has 1 aliphatic heterocycles. The van der Waals surface area contributed by atoms with Gasteiger partial charge in [0.2, 0.25) is 0 Å². The molecule has 1 aromatic heterocycles. The maximum absolute atomic E-state index is 12.8. The number of aliphatic imine (C=N–C) groups is 1. The molecule has 1 aliphatic rings. The van der Waals surface area contributed by atoms with E-state index in [4.69, 9.17) is 0 Å². The van der Waals surface area contributed by atoms with Crippen LogP contribution in [0.4, 0.5) is 5.69 Å². The van der Waals surface area contributed by atoms with Crippen LogP contribution in [0.15, 0.2) is 40.1 Å². The number of para-hydroxylation sites is 1. The van der Waals surface area contributed by atoms with E-state index in [0.717, 1.165) is 27.6 Å². The molecule has 124 valence electrons. The first kappa shape index (κ1) is 18.4. The zero-order valence-corrected chi connectivity index (χ0v) is 16.9. The molecule has 1 N–H and O–H groups in total. The van der Waals surface area contributed by atoms with Gasteiger partial charge in [-0.15, -0.1) is 17.0 Å². The summed E-state index contributed by atoms with van der Waals surface area (Å²) in [6.07, 6.45) is 0. The Morgan fingerprint density at radius 1 is 1.39 bits per heavy atom. The highest BCUT2D eigenvalue weighted by molar-refractivity contribution is 9.09. The van der Waals surface area contributed by atoms with E-state index in [2.05, 4.69) is 26.2 Å². The Bertz CT molecular complexity index is 770. The average molecular weight is 462 g/mol. The predicted octanol–water partition coefficient (Wildman–Crippen LogP) is 3.34. The van der Waals surface area contributed by atoms with E-state index in [1.807, 2.05) is 49.0 Å². The zero-order valence-electron chi connectivity index (χ0n) is 12.8. The Hall–Kier alpha value is -0.990. The van der Waals surface area contributed by atoms with Crippen LogP contribution in [0.3, 0.4) is 0 Å². The molecule has 0 bridgehead atoms. The second-order valence-electron chi connectivity index (χ2n) is 5.11. The van der Waals surface area contributed by atoms with Crippen molar-refractivity contribution >= 4 is 55.5 Å². The van der Waals surface area contributed by atoms with E-state index in [1.165, 1.54) is 0 Å². The maximum Gasteiger partial charge on any atom is 0.295 e. The van der Waals surface area contributed by atoms with Gasteiger partial charge in [0, 0.05) is 18.1 Å². The van der Waals surface area contributed by atoms with Crippen molar-refractivity contribution < 1.29 is 0 Å². The smallest absolute Gasteiger partial charge is 0.295 e. The van der Waals surface area contributed by atoms with E-state index >= 15 is 0 Å². The molecule has 2 heterocycles. The first-order chi connectivity index (χ1) is 10.6. The number of thioether (sulfide) groups is 1. The lowest BCUT2D eigenvalue weighted by molar-refractivity contribution is 0.630. The van der Waals surface area contributed by atoms with Crippen LogP contribution in [0.5, 0.6) is 0 Å². The third kappa shape index (κ3) is 3.59. The summed E-state index contributed by atoms with van der Waals surface area (Å²) in [5.41, 5.74) is 2.27. The average Bonchev–Trinajstić information content (AvgIpc) is 3.07. The summed E-state index contributed by atoms with van der Waals surface area (Å²) in [6, 6.07) is 9.91. The number of nitrogens with zero attached hydrogens (tertiary/aromatic N) is 3. The Balaban J connectivity index is 0.00000192. The molecule has 23 heavy (non-hydrogen) atoms. The minimum absolute atomic E-state index is 0. The van der Waals surface area contributed by atoms with Gasteiger partial charge < -0.3 is 5.32 Å². The fraction of sp³-hybridized carbons (Fsp3) is 0.333. The van der Waals surface area contributed by atoms with E-state index in [1.54, 1.807) is 16.4 Å². The number of benzene rings is 1. The lowest BCUT2D eigenvalue weighted by atomic mass is 10.3. The Kier molecular flexibility index (Phi) is 6.16. The van der Waals surface area contributed by atoms with Crippen LogP contribution in [-0.4, -0.2) is 31.7 Å². The Labute approximate surface area is 158 Å². The SMILES string of the molecule is Br.Cc1c(NC2=NC(CBr)CS2)c(=O)n(-c2ccccc2)n1C. The number of alkyl halides is 1. The molecule has 0 spiro atoms. The van der Waals surface area contributed by atoms with Crippen molar-refractivity contribution in [2.75, 3.05) is 16.4 Å². The van der Waals surface area contributed by atoms with Gasteiger partial charge >= 0.3 is 0 Å². The molecule has 0 saturated carbocycles. The van der Waals surface area contributed by atoms with Crippen molar-refractivity contribution in [3.05, 3.63) is 46.4 Å². The van der Waals surface area contributed by atoms with E-state index in [-0.39, 0.29) is 28.6 Å². The fourth-order valence-electron chi connectivity index (χ4n) is 2.38. The normalized spacial score (nSPS) is 16.8. The van der Waals surface area contributed by atoms with Crippen molar-refractivity contribution in [3.8, 4) is 5.69 Å². The van der Waals surface area contributed by atoms with Crippen LogP contribution in [-0.2, 0) is 7.05 Å². The summed E-state index contributed by atoms with van der Waals surface area (Å²) < 4.78 is 3.53. The molecular formula is C15H18Br2N4OS. The van der Waals surface area contributed by atoms with Crippen LogP contribution in [0.2, 0.25) is 0 Å². The van der Waals surface area contributed by atoms with Crippen molar-refractivity contribution in [2.45, 2.75) is 13.0 Å². The monoisotopic (exact) mass is 460 g/mol. The highest BCUT2D eigenvalue weighted by atomic mass is 79.9. The molecule has 3 rings (SSSR count). The van der Waals surface area contributed by atoms with Gasteiger partial charge in [0.1, 0.15) is 5.69 Å². The van der Waals surface area contributed by atoms with E-state index in [9.17, 15) is 4.79 Å². The van der Waals surface area contributed by atoms with Crippen LogP contribution < -0.4 is 10.9 Å².